The predicted molar refractivity (Wildman–Crippen MR) is 140 cm³/mol. The van der Waals surface area contributed by atoms with Crippen molar-refractivity contribution in [3.8, 4) is 0 Å². The fourth-order valence-corrected chi connectivity index (χ4v) is 4.62. The minimum atomic E-state index is -3.93. The molecule has 0 radical (unpaired) electrons. The lowest BCUT2D eigenvalue weighted by Crippen LogP contribution is -2.45. The highest BCUT2D eigenvalue weighted by atomic mass is 32.2. The van der Waals surface area contributed by atoms with Crippen molar-refractivity contribution in [2.75, 3.05) is 6.61 Å². The third-order valence-corrected chi connectivity index (χ3v) is 6.44. The van der Waals surface area contributed by atoms with Crippen molar-refractivity contribution in [1.82, 2.24) is 10.0 Å². The van der Waals surface area contributed by atoms with Crippen LogP contribution in [0.5, 0.6) is 0 Å². The molecule has 0 spiro atoms. The van der Waals surface area contributed by atoms with Gasteiger partial charge in [-0.05, 0) is 28.7 Å². The fourth-order valence-electron chi connectivity index (χ4n) is 3.48. The van der Waals surface area contributed by atoms with Gasteiger partial charge in [0.2, 0.25) is 10.0 Å². The van der Waals surface area contributed by atoms with E-state index < -0.39 is 46.5 Å². The number of benzene rings is 3. The summed E-state index contributed by atoms with van der Waals surface area (Å²) in [5.74, 6) is -1.73. The number of nitrogens with one attached hydrogen (secondary N) is 2. The van der Waals surface area contributed by atoms with Crippen LogP contribution in [0.3, 0.4) is 0 Å². The molecule has 0 unspecified atom stereocenters. The fraction of sp³-hybridized carbons (Fsp3) is 0.214. The van der Waals surface area contributed by atoms with E-state index >= 15 is 0 Å². The topological polar surface area (TPSA) is 102 Å². The highest BCUT2D eigenvalue weighted by molar-refractivity contribution is 7.92. The Bertz CT molecular complexity index is 1220. The molecule has 0 heterocycles. The van der Waals surface area contributed by atoms with Gasteiger partial charge in [0, 0.05) is 5.41 Å². The first kappa shape index (κ1) is 26.8. The van der Waals surface area contributed by atoms with Crippen LogP contribution in [0.25, 0.3) is 6.08 Å². The monoisotopic (exact) mass is 506 g/mol. The summed E-state index contributed by atoms with van der Waals surface area (Å²) in [6.07, 6.45) is 1.44. The molecule has 0 fully saturated rings. The molecule has 8 heteroatoms. The van der Waals surface area contributed by atoms with Gasteiger partial charge in [-0.25, -0.2) is 8.42 Å². The van der Waals surface area contributed by atoms with Gasteiger partial charge >= 0.3 is 5.97 Å². The second-order valence-corrected chi connectivity index (χ2v) is 10.1. The van der Waals surface area contributed by atoms with Crippen LogP contribution >= 0.6 is 0 Å². The number of ether oxygens (including phenoxy) is 1. The number of hydrogen-bond donors (Lipinski definition) is 2. The summed E-state index contributed by atoms with van der Waals surface area (Å²) in [6, 6.07) is 26.2. The standard InChI is InChI=1S/C28H30N2O5S/c1-21(2)26(30-36(33,34)19-18-22-12-6-3-7-13-22)28(32)35-20-25(31)29-27(23-14-8-4-9-15-23)24-16-10-5-11-17-24/h3-19,21,26-27,30H,20H2,1-2H3,(H,29,31)/b19-18+/t26-/m0/s1. The Morgan fingerprint density at radius 1 is 0.833 bits per heavy atom. The molecule has 188 valence electrons. The molecule has 2 N–H and O–H groups in total. The van der Waals surface area contributed by atoms with Crippen molar-refractivity contribution in [1.29, 1.82) is 0 Å². The Morgan fingerprint density at radius 3 is 1.83 bits per heavy atom. The lowest BCUT2D eigenvalue weighted by molar-refractivity contribution is -0.151. The van der Waals surface area contributed by atoms with Crippen molar-refractivity contribution in [3.05, 3.63) is 113 Å². The normalized spacial score (nSPS) is 12.6. The number of carbonyl (C=O) groups excluding carboxylic acids is 2. The quantitative estimate of drug-likeness (QED) is 0.382. The lowest BCUT2D eigenvalue weighted by Gasteiger charge is -2.22. The zero-order chi connectivity index (χ0) is 26.0. The van der Waals surface area contributed by atoms with Gasteiger partial charge in [-0.3, -0.25) is 9.59 Å². The van der Waals surface area contributed by atoms with Crippen LogP contribution in [0.1, 0.15) is 36.6 Å². The number of sulfonamides is 1. The Hall–Kier alpha value is -3.75. The van der Waals surface area contributed by atoms with Crippen LogP contribution in [0, 0.1) is 5.92 Å². The summed E-state index contributed by atoms with van der Waals surface area (Å²) < 4.78 is 32.6. The largest absolute Gasteiger partial charge is 0.454 e. The Labute approximate surface area is 212 Å². The molecule has 7 nitrogen and oxygen atoms in total. The Kier molecular flexibility index (Phi) is 9.55. The number of hydrogen-bond acceptors (Lipinski definition) is 5. The average Bonchev–Trinajstić information content (AvgIpc) is 2.89. The van der Waals surface area contributed by atoms with Crippen molar-refractivity contribution >= 4 is 28.0 Å². The van der Waals surface area contributed by atoms with Gasteiger partial charge in [0.05, 0.1) is 6.04 Å². The summed E-state index contributed by atoms with van der Waals surface area (Å²) in [6.45, 7) is 2.84. The van der Waals surface area contributed by atoms with Gasteiger partial charge in [0.1, 0.15) is 6.04 Å². The number of carbonyl (C=O) groups is 2. The molecule has 0 aliphatic rings. The molecular weight excluding hydrogens is 476 g/mol. The van der Waals surface area contributed by atoms with Gasteiger partial charge in [-0.15, -0.1) is 0 Å². The molecule has 0 saturated carbocycles. The molecule has 1 atom stereocenters. The van der Waals surface area contributed by atoms with Crippen molar-refractivity contribution in [2.24, 2.45) is 5.92 Å². The van der Waals surface area contributed by atoms with Gasteiger partial charge in [-0.1, -0.05) is 105 Å². The minimum absolute atomic E-state index is 0.401. The van der Waals surface area contributed by atoms with E-state index in [-0.39, 0.29) is 0 Å². The first-order valence-corrected chi connectivity index (χ1v) is 13.1. The maximum absolute atomic E-state index is 12.7. The summed E-state index contributed by atoms with van der Waals surface area (Å²) >= 11 is 0. The third kappa shape index (κ3) is 8.18. The van der Waals surface area contributed by atoms with Crippen molar-refractivity contribution < 1.29 is 22.7 Å². The Morgan fingerprint density at radius 2 is 1.33 bits per heavy atom. The molecule has 3 aromatic carbocycles. The summed E-state index contributed by atoms with van der Waals surface area (Å²) in [7, 11) is -3.93. The van der Waals surface area contributed by atoms with Crippen LogP contribution in [-0.2, 0) is 24.3 Å². The first-order chi connectivity index (χ1) is 17.2. The first-order valence-electron chi connectivity index (χ1n) is 11.6. The highest BCUT2D eigenvalue weighted by Crippen LogP contribution is 2.21. The molecule has 36 heavy (non-hydrogen) atoms. The summed E-state index contributed by atoms with van der Waals surface area (Å²) in [5, 5.41) is 3.90. The second kappa shape index (κ2) is 12.8. The maximum atomic E-state index is 12.7. The van der Waals surface area contributed by atoms with E-state index in [0.717, 1.165) is 16.5 Å². The second-order valence-electron chi connectivity index (χ2n) is 8.53. The van der Waals surface area contributed by atoms with Gasteiger partial charge in [0.15, 0.2) is 6.61 Å². The van der Waals surface area contributed by atoms with E-state index in [2.05, 4.69) is 10.0 Å². The van der Waals surface area contributed by atoms with Crippen LogP contribution < -0.4 is 10.0 Å². The van der Waals surface area contributed by atoms with Gasteiger partial charge in [-0.2, -0.15) is 4.72 Å². The van der Waals surface area contributed by atoms with Crippen molar-refractivity contribution in [2.45, 2.75) is 25.9 Å². The summed E-state index contributed by atoms with van der Waals surface area (Å²) in [5.41, 5.74) is 2.46. The zero-order valence-corrected chi connectivity index (χ0v) is 21.0. The third-order valence-electron chi connectivity index (χ3n) is 5.37. The lowest BCUT2D eigenvalue weighted by atomic mass is 9.99. The van der Waals surface area contributed by atoms with E-state index in [1.807, 2.05) is 66.7 Å². The predicted octanol–water partition coefficient (Wildman–Crippen LogP) is 4.05. The van der Waals surface area contributed by atoms with Crippen LogP contribution in [0.4, 0.5) is 0 Å². The van der Waals surface area contributed by atoms with Crippen LogP contribution in [-0.4, -0.2) is 32.9 Å². The van der Waals surface area contributed by atoms with E-state index in [0.29, 0.717) is 5.56 Å². The molecule has 0 saturated heterocycles. The van der Waals surface area contributed by atoms with E-state index in [9.17, 15) is 18.0 Å². The highest BCUT2D eigenvalue weighted by Gasteiger charge is 2.28. The molecule has 1 amide bonds. The number of amides is 1. The van der Waals surface area contributed by atoms with Crippen LogP contribution in [0.15, 0.2) is 96.4 Å². The molecular formula is C28H30N2O5S. The molecule has 0 aromatic heterocycles. The van der Waals surface area contributed by atoms with Crippen LogP contribution in [0.2, 0.25) is 0 Å². The molecule has 3 aromatic rings. The SMILES string of the molecule is CC(C)[C@H](NS(=O)(=O)/C=C/c1ccccc1)C(=O)OCC(=O)NC(c1ccccc1)c1ccccc1. The van der Waals surface area contributed by atoms with Crippen molar-refractivity contribution in [3.63, 3.8) is 0 Å². The Balaban J connectivity index is 1.63. The van der Waals surface area contributed by atoms with Gasteiger partial charge < -0.3 is 10.1 Å². The summed E-state index contributed by atoms with van der Waals surface area (Å²) in [4.78, 5) is 25.4. The molecule has 0 bridgehead atoms. The molecule has 3 rings (SSSR count). The van der Waals surface area contributed by atoms with Gasteiger partial charge in [0.25, 0.3) is 5.91 Å². The smallest absolute Gasteiger partial charge is 0.324 e. The maximum Gasteiger partial charge on any atom is 0.324 e. The molecule has 0 aliphatic heterocycles. The average molecular weight is 507 g/mol. The van der Waals surface area contributed by atoms with E-state index in [4.69, 9.17) is 4.74 Å². The number of rotatable bonds is 11. The van der Waals surface area contributed by atoms with E-state index in [1.54, 1.807) is 38.1 Å². The zero-order valence-electron chi connectivity index (χ0n) is 20.2. The van der Waals surface area contributed by atoms with E-state index in [1.165, 1.54) is 6.08 Å². The minimum Gasteiger partial charge on any atom is -0.454 e. The number of esters is 1. The molecule has 0 aliphatic carbocycles.